The van der Waals surface area contributed by atoms with Gasteiger partial charge in [0.1, 0.15) is 11.6 Å². The van der Waals surface area contributed by atoms with Crippen LogP contribution in [0.4, 0.5) is 10.1 Å². The topological polar surface area (TPSA) is 35.2 Å². The van der Waals surface area contributed by atoms with Crippen molar-refractivity contribution in [3.05, 3.63) is 52.8 Å². The predicted octanol–water partition coefficient (Wildman–Crippen LogP) is 4.81. The summed E-state index contributed by atoms with van der Waals surface area (Å²) >= 11 is 5.71. The molecule has 0 saturated heterocycles. The molecule has 2 nitrogen and oxygen atoms in total. The third-order valence-electron chi connectivity index (χ3n) is 2.74. The van der Waals surface area contributed by atoms with Crippen molar-refractivity contribution < 1.29 is 9.13 Å². The van der Waals surface area contributed by atoms with Gasteiger partial charge >= 0.3 is 0 Å². The second-order valence-electron chi connectivity index (χ2n) is 4.30. The van der Waals surface area contributed by atoms with Gasteiger partial charge in [0.15, 0.2) is 5.75 Å². The van der Waals surface area contributed by atoms with Crippen LogP contribution >= 0.6 is 11.6 Å². The molecule has 0 radical (unpaired) electrons. The van der Waals surface area contributed by atoms with E-state index in [0.717, 1.165) is 18.9 Å². The van der Waals surface area contributed by atoms with Gasteiger partial charge in [-0.15, -0.1) is 0 Å². The van der Waals surface area contributed by atoms with Gasteiger partial charge in [0.05, 0.1) is 10.7 Å². The Morgan fingerprint density at radius 1 is 1.21 bits per heavy atom. The summed E-state index contributed by atoms with van der Waals surface area (Å²) < 4.78 is 18.8. The van der Waals surface area contributed by atoms with E-state index in [9.17, 15) is 4.39 Å². The highest BCUT2D eigenvalue weighted by atomic mass is 35.5. The van der Waals surface area contributed by atoms with Crippen molar-refractivity contribution in [2.45, 2.75) is 19.8 Å². The van der Waals surface area contributed by atoms with Crippen LogP contribution in [0.3, 0.4) is 0 Å². The predicted molar refractivity (Wildman–Crippen MR) is 76.3 cm³/mol. The highest BCUT2D eigenvalue weighted by molar-refractivity contribution is 6.31. The molecule has 4 heteroatoms. The zero-order valence-electron chi connectivity index (χ0n) is 10.6. The first-order valence-electron chi connectivity index (χ1n) is 6.11. The van der Waals surface area contributed by atoms with E-state index < -0.39 is 5.82 Å². The fourth-order valence-electron chi connectivity index (χ4n) is 1.77. The number of hydrogen-bond acceptors (Lipinski definition) is 2. The molecule has 0 bridgehead atoms. The molecule has 2 N–H and O–H groups in total. The Balaban J connectivity index is 2.19. The van der Waals surface area contributed by atoms with Gasteiger partial charge < -0.3 is 10.5 Å². The minimum atomic E-state index is -0.551. The van der Waals surface area contributed by atoms with Crippen LogP contribution in [0.15, 0.2) is 36.4 Å². The average Bonchev–Trinajstić information content (AvgIpc) is 2.38. The molecule has 0 atom stereocenters. The molecule has 2 rings (SSSR count). The largest absolute Gasteiger partial charge is 0.455 e. The normalized spacial score (nSPS) is 10.5. The van der Waals surface area contributed by atoms with Gasteiger partial charge in [-0.25, -0.2) is 4.39 Å². The van der Waals surface area contributed by atoms with Crippen LogP contribution in [0.5, 0.6) is 11.5 Å². The van der Waals surface area contributed by atoms with Crippen molar-refractivity contribution in [3.8, 4) is 11.5 Å². The number of anilines is 1. The lowest BCUT2D eigenvalue weighted by molar-refractivity contribution is 0.483. The third kappa shape index (κ3) is 3.38. The highest BCUT2D eigenvalue weighted by Gasteiger charge is 2.08. The van der Waals surface area contributed by atoms with Gasteiger partial charge in [0.2, 0.25) is 0 Å². The summed E-state index contributed by atoms with van der Waals surface area (Å²) in [7, 11) is 0. The minimum Gasteiger partial charge on any atom is -0.455 e. The minimum absolute atomic E-state index is 0.00759. The zero-order valence-corrected chi connectivity index (χ0v) is 11.4. The number of benzene rings is 2. The molecule has 2 aromatic rings. The lowest BCUT2D eigenvalue weighted by Gasteiger charge is -2.10. The zero-order chi connectivity index (χ0) is 13.8. The van der Waals surface area contributed by atoms with Gasteiger partial charge in [-0.1, -0.05) is 37.1 Å². The van der Waals surface area contributed by atoms with Crippen molar-refractivity contribution in [1.82, 2.24) is 0 Å². The molecule has 100 valence electrons. The fourth-order valence-corrected chi connectivity index (χ4v) is 1.93. The molecule has 0 aliphatic heterocycles. The number of aryl methyl sites for hydroxylation is 1. The molecule has 0 unspecified atom stereocenters. The van der Waals surface area contributed by atoms with Crippen LogP contribution in [0.2, 0.25) is 5.02 Å². The lowest BCUT2D eigenvalue weighted by Crippen LogP contribution is -1.94. The highest BCUT2D eigenvalue weighted by Crippen LogP contribution is 2.32. The molecule has 0 saturated carbocycles. The molecule has 0 aliphatic rings. The third-order valence-corrected chi connectivity index (χ3v) is 3.03. The van der Waals surface area contributed by atoms with E-state index in [1.165, 1.54) is 11.6 Å². The van der Waals surface area contributed by atoms with Gasteiger partial charge in [-0.3, -0.25) is 0 Å². The Morgan fingerprint density at radius 3 is 2.53 bits per heavy atom. The van der Waals surface area contributed by atoms with Crippen molar-refractivity contribution >= 4 is 17.3 Å². The van der Waals surface area contributed by atoms with Crippen molar-refractivity contribution in [1.29, 1.82) is 0 Å². The van der Waals surface area contributed by atoms with Gasteiger partial charge in [0, 0.05) is 12.1 Å². The first kappa shape index (κ1) is 13.7. The van der Waals surface area contributed by atoms with Crippen molar-refractivity contribution in [2.75, 3.05) is 5.73 Å². The molecule has 0 amide bonds. The fraction of sp³-hybridized carbons (Fsp3) is 0.200. The Bertz CT molecular complexity index is 569. The first-order valence-corrected chi connectivity index (χ1v) is 6.49. The second-order valence-corrected chi connectivity index (χ2v) is 4.71. The Kier molecular flexibility index (Phi) is 4.27. The Morgan fingerprint density at radius 2 is 1.89 bits per heavy atom. The number of hydrogen-bond donors (Lipinski definition) is 1. The second kappa shape index (κ2) is 5.93. The van der Waals surface area contributed by atoms with E-state index in [4.69, 9.17) is 22.1 Å². The summed E-state index contributed by atoms with van der Waals surface area (Å²) in [6.45, 7) is 2.13. The summed E-state index contributed by atoms with van der Waals surface area (Å²) in [5, 5.41) is -0.00759. The molecule has 0 heterocycles. The smallest absolute Gasteiger partial charge is 0.151 e. The maximum atomic E-state index is 13.2. The van der Waals surface area contributed by atoms with Gasteiger partial charge in [0.25, 0.3) is 0 Å². The van der Waals surface area contributed by atoms with Crippen LogP contribution in [-0.2, 0) is 6.42 Å². The lowest BCUT2D eigenvalue weighted by atomic mass is 10.1. The van der Waals surface area contributed by atoms with Crippen LogP contribution in [0, 0.1) is 5.82 Å². The Labute approximate surface area is 117 Å². The number of rotatable bonds is 4. The number of nitrogen functional groups attached to an aromatic ring is 1. The van der Waals surface area contributed by atoms with Crippen LogP contribution in [0.1, 0.15) is 18.9 Å². The standard InChI is InChI=1S/C15H15ClFNO/c1-2-3-10-4-6-11(7-5-10)19-15-8-12(16)13(17)9-14(15)18/h4-9H,2-3,18H2,1H3. The summed E-state index contributed by atoms with van der Waals surface area (Å²) in [6.07, 6.45) is 2.13. The summed E-state index contributed by atoms with van der Waals surface area (Å²) in [6, 6.07) is 10.3. The van der Waals surface area contributed by atoms with E-state index in [0.29, 0.717) is 11.5 Å². The van der Waals surface area contributed by atoms with Gasteiger partial charge in [-0.05, 0) is 24.1 Å². The van der Waals surface area contributed by atoms with E-state index in [1.807, 2.05) is 24.3 Å². The first-order chi connectivity index (χ1) is 9.10. The summed E-state index contributed by atoms with van der Waals surface area (Å²) in [4.78, 5) is 0. The molecule has 0 aliphatic carbocycles. The summed E-state index contributed by atoms with van der Waals surface area (Å²) in [5.74, 6) is 0.452. The maximum absolute atomic E-state index is 13.2. The molecule has 2 aromatic carbocycles. The number of ether oxygens (including phenoxy) is 1. The molecule has 19 heavy (non-hydrogen) atoms. The van der Waals surface area contributed by atoms with E-state index in [-0.39, 0.29) is 10.7 Å². The van der Waals surface area contributed by atoms with Crippen LogP contribution in [-0.4, -0.2) is 0 Å². The van der Waals surface area contributed by atoms with Crippen molar-refractivity contribution in [3.63, 3.8) is 0 Å². The number of nitrogens with two attached hydrogens (primary N) is 1. The van der Waals surface area contributed by atoms with E-state index in [2.05, 4.69) is 6.92 Å². The Hall–Kier alpha value is -1.74. The average molecular weight is 280 g/mol. The number of halogens is 2. The molecular weight excluding hydrogens is 265 g/mol. The molecule has 0 aromatic heterocycles. The van der Waals surface area contributed by atoms with E-state index >= 15 is 0 Å². The molecule has 0 spiro atoms. The van der Waals surface area contributed by atoms with Crippen molar-refractivity contribution in [2.24, 2.45) is 0 Å². The van der Waals surface area contributed by atoms with E-state index in [1.54, 1.807) is 0 Å². The van der Waals surface area contributed by atoms with Crippen LogP contribution < -0.4 is 10.5 Å². The van der Waals surface area contributed by atoms with Crippen LogP contribution in [0.25, 0.3) is 0 Å². The quantitative estimate of drug-likeness (QED) is 0.816. The SMILES string of the molecule is CCCc1ccc(Oc2cc(Cl)c(F)cc2N)cc1. The maximum Gasteiger partial charge on any atom is 0.151 e. The monoisotopic (exact) mass is 279 g/mol. The summed E-state index contributed by atoms with van der Waals surface area (Å²) in [5.41, 5.74) is 7.16. The molecular formula is C15H15ClFNO. The molecule has 0 fully saturated rings. The van der Waals surface area contributed by atoms with Gasteiger partial charge in [-0.2, -0.15) is 0 Å².